The second-order valence-corrected chi connectivity index (χ2v) is 6.73. The summed E-state index contributed by atoms with van der Waals surface area (Å²) < 4.78 is 0. The Bertz CT molecular complexity index is 649. The van der Waals surface area contributed by atoms with Crippen molar-refractivity contribution in [3.63, 3.8) is 0 Å². The molecule has 0 saturated carbocycles. The molecule has 1 nitrogen and oxygen atoms in total. The molecule has 0 spiro atoms. The smallest absolute Gasteiger partial charge is 0.0317 e. The molecule has 98 valence electrons. The fourth-order valence-corrected chi connectivity index (χ4v) is 3.32. The van der Waals surface area contributed by atoms with Gasteiger partial charge in [-0.3, -0.25) is 0 Å². The van der Waals surface area contributed by atoms with E-state index in [1.54, 1.807) is 0 Å². The number of nitrogens with two attached hydrogens (primary N) is 1. The van der Waals surface area contributed by atoms with Gasteiger partial charge in [0.05, 0.1) is 0 Å². The van der Waals surface area contributed by atoms with Crippen LogP contribution in [0.25, 0.3) is 11.1 Å². The molecule has 3 rings (SSSR count). The largest absolute Gasteiger partial charge is 0.399 e. The maximum Gasteiger partial charge on any atom is 0.0317 e. The number of anilines is 1. The predicted molar refractivity (Wildman–Crippen MR) is 82.2 cm³/mol. The summed E-state index contributed by atoms with van der Waals surface area (Å²) in [6.45, 7) is 9.27. The number of nitrogen functional groups attached to an aromatic ring is 1. The fraction of sp³-hybridized carbons (Fsp3) is 0.333. The van der Waals surface area contributed by atoms with Gasteiger partial charge in [-0.25, -0.2) is 0 Å². The third kappa shape index (κ3) is 1.48. The van der Waals surface area contributed by atoms with E-state index in [0.29, 0.717) is 0 Å². The number of hydrogen-bond donors (Lipinski definition) is 1. The Morgan fingerprint density at radius 1 is 0.895 bits per heavy atom. The molecule has 0 fully saturated rings. The summed E-state index contributed by atoms with van der Waals surface area (Å²) in [6, 6.07) is 15.1. The molecule has 1 aliphatic rings. The first kappa shape index (κ1) is 12.3. The van der Waals surface area contributed by atoms with Crippen molar-refractivity contribution in [2.24, 2.45) is 5.41 Å². The Balaban J connectivity index is 2.42. The highest BCUT2D eigenvalue weighted by molar-refractivity contribution is 5.82. The van der Waals surface area contributed by atoms with E-state index in [2.05, 4.69) is 64.1 Å². The average molecular weight is 251 g/mol. The maximum atomic E-state index is 6.03. The van der Waals surface area contributed by atoms with E-state index >= 15 is 0 Å². The van der Waals surface area contributed by atoms with Crippen molar-refractivity contribution in [1.82, 2.24) is 0 Å². The van der Waals surface area contributed by atoms with Crippen LogP contribution in [0, 0.1) is 5.41 Å². The van der Waals surface area contributed by atoms with Crippen LogP contribution in [0.2, 0.25) is 0 Å². The SMILES string of the molecule is CC(C)(C)C1(C)c2ccccc2-c2ccc(N)cc21. The lowest BCUT2D eigenvalue weighted by Crippen LogP contribution is -2.36. The van der Waals surface area contributed by atoms with Crippen LogP contribution < -0.4 is 5.73 Å². The molecule has 0 aromatic heterocycles. The maximum absolute atomic E-state index is 6.03. The second-order valence-electron chi connectivity index (χ2n) is 6.73. The average Bonchev–Trinajstić information content (AvgIpc) is 2.61. The van der Waals surface area contributed by atoms with Gasteiger partial charge in [-0.1, -0.05) is 58.0 Å². The van der Waals surface area contributed by atoms with Gasteiger partial charge in [-0.2, -0.15) is 0 Å². The van der Waals surface area contributed by atoms with Crippen LogP contribution in [-0.4, -0.2) is 0 Å². The van der Waals surface area contributed by atoms with Crippen LogP contribution in [0.3, 0.4) is 0 Å². The standard InChI is InChI=1S/C18H21N/c1-17(2,3)18(4)15-8-6-5-7-13(15)14-10-9-12(19)11-16(14)18/h5-11H,19H2,1-4H3. The molecule has 0 aliphatic heterocycles. The molecule has 1 atom stereocenters. The van der Waals surface area contributed by atoms with Gasteiger partial charge in [0, 0.05) is 11.1 Å². The molecule has 0 radical (unpaired) electrons. The third-order valence-corrected chi connectivity index (χ3v) is 4.84. The lowest BCUT2D eigenvalue weighted by molar-refractivity contribution is 0.255. The quantitative estimate of drug-likeness (QED) is 0.680. The molecule has 0 saturated heterocycles. The zero-order valence-corrected chi connectivity index (χ0v) is 12.1. The topological polar surface area (TPSA) is 26.0 Å². The Morgan fingerprint density at radius 3 is 2.21 bits per heavy atom. The van der Waals surface area contributed by atoms with E-state index in [9.17, 15) is 0 Å². The lowest BCUT2D eigenvalue weighted by atomic mass is 9.62. The summed E-state index contributed by atoms with van der Waals surface area (Å²) in [5.74, 6) is 0. The van der Waals surface area contributed by atoms with Gasteiger partial charge in [0.15, 0.2) is 0 Å². The van der Waals surface area contributed by atoms with Gasteiger partial charge >= 0.3 is 0 Å². The molecule has 1 aliphatic carbocycles. The first-order valence-electron chi connectivity index (χ1n) is 6.85. The minimum Gasteiger partial charge on any atom is -0.399 e. The van der Waals surface area contributed by atoms with E-state index in [4.69, 9.17) is 5.73 Å². The highest BCUT2D eigenvalue weighted by Gasteiger charge is 2.47. The lowest BCUT2D eigenvalue weighted by Gasteiger charge is -2.41. The summed E-state index contributed by atoms with van der Waals surface area (Å²) in [4.78, 5) is 0. The monoisotopic (exact) mass is 251 g/mol. The van der Waals surface area contributed by atoms with Gasteiger partial charge in [-0.15, -0.1) is 0 Å². The van der Waals surface area contributed by atoms with Crippen LogP contribution in [0.5, 0.6) is 0 Å². The van der Waals surface area contributed by atoms with Crippen molar-refractivity contribution in [3.05, 3.63) is 53.6 Å². The molecule has 2 aromatic rings. The molecular formula is C18H21N. The minimum atomic E-state index is 0.00824. The van der Waals surface area contributed by atoms with Crippen LogP contribution in [0.4, 0.5) is 5.69 Å². The highest BCUT2D eigenvalue weighted by atomic mass is 14.6. The Kier molecular flexibility index (Phi) is 2.35. The molecule has 0 amide bonds. The summed E-state index contributed by atoms with van der Waals surface area (Å²) >= 11 is 0. The van der Waals surface area contributed by atoms with Crippen molar-refractivity contribution in [1.29, 1.82) is 0 Å². The summed E-state index contributed by atoms with van der Waals surface area (Å²) in [6.07, 6.45) is 0. The van der Waals surface area contributed by atoms with Gasteiger partial charge in [0.25, 0.3) is 0 Å². The fourth-order valence-electron chi connectivity index (χ4n) is 3.32. The summed E-state index contributed by atoms with van der Waals surface area (Å²) in [5, 5.41) is 0. The van der Waals surface area contributed by atoms with Gasteiger partial charge < -0.3 is 5.73 Å². The zero-order chi connectivity index (χ0) is 13.8. The van der Waals surface area contributed by atoms with E-state index < -0.39 is 0 Å². The molecule has 1 unspecified atom stereocenters. The van der Waals surface area contributed by atoms with Crippen molar-refractivity contribution in [2.45, 2.75) is 33.1 Å². The Labute approximate surface area is 115 Å². The first-order valence-corrected chi connectivity index (χ1v) is 6.85. The van der Waals surface area contributed by atoms with Crippen LogP contribution in [-0.2, 0) is 5.41 Å². The van der Waals surface area contributed by atoms with Crippen molar-refractivity contribution >= 4 is 5.69 Å². The molecular weight excluding hydrogens is 230 g/mol. The molecule has 0 heterocycles. The van der Waals surface area contributed by atoms with Gasteiger partial charge in [-0.05, 0) is 39.8 Å². The minimum absolute atomic E-state index is 0.00824. The Hall–Kier alpha value is -1.76. The second kappa shape index (κ2) is 3.63. The number of rotatable bonds is 0. The number of hydrogen-bond acceptors (Lipinski definition) is 1. The van der Waals surface area contributed by atoms with Crippen LogP contribution in [0.15, 0.2) is 42.5 Å². The summed E-state index contributed by atoms with van der Waals surface area (Å²) in [7, 11) is 0. The van der Waals surface area contributed by atoms with Crippen molar-refractivity contribution in [3.8, 4) is 11.1 Å². The van der Waals surface area contributed by atoms with Gasteiger partial charge in [0.1, 0.15) is 0 Å². The van der Waals surface area contributed by atoms with E-state index in [1.807, 2.05) is 6.07 Å². The highest BCUT2D eigenvalue weighted by Crippen LogP contribution is 2.56. The van der Waals surface area contributed by atoms with Crippen LogP contribution in [0.1, 0.15) is 38.8 Å². The molecule has 19 heavy (non-hydrogen) atoms. The van der Waals surface area contributed by atoms with Crippen molar-refractivity contribution < 1.29 is 0 Å². The Morgan fingerprint density at radius 2 is 1.53 bits per heavy atom. The molecule has 0 bridgehead atoms. The normalized spacial score (nSPS) is 21.1. The van der Waals surface area contributed by atoms with Gasteiger partial charge in [0.2, 0.25) is 0 Å². The predicted octanol–water partition coefficient (Wildman–Crippen LogP) is 4.60. The molecule has 2 N–H and O–H groups in total. The van der Waals surface area contributed by atoms with Crippen LogP contribution >= 0.6 is 0 Å². The number of benzene rings is 2. The molecule has 2 aromatic carbocycles. The van der Waals surface area contributed by atoms with E-state index in [1.165, 1.54) is 22.3 Å². The number of fused-ring (bicyclic) bond motifs is 3. The van der Waals surface area contributed by atoms with E-state index in [0.717, 1.165) is 5.69 Å². The zero-order valence-electron chi connectivity index (χ0n) is 12.1. The third-order valence-electron chi connectivity index (χ3n) is 4.84. The van der Waals surface area contributed by atoms with Crippen molar-refractivity contribution in [2.75, 3.05) is 5.73 Å². The first-order chi connectivity index (χ1) is 8.85. The summed E-state index contributed by atoms with van der Waals surface area (Å²) in [5.41, 5.74) is 12.5. The van der Waals surface area contributed by atoms with E-state index in [-0.39, 0.29) is 10.8 Å². The molecule has 1 heteroatoms.